The topological polar surface area (TPSA) is 92.7 Å². The fourth-order valence-corrected chi connectivity index (χ4v) is 2.83. The molecule has 0 spiro atoms. The first kappa shape index (κ1) is 16.6. The Morgan fingerprint density at radius 3 is 2.35 bits per heavy atom. The third-order valence-electron chi connectivity index (χ3n) is 2.71. The van der Waals surface area contributed by atoms with Gasteiger partial charge < -0.3 is 9.84 Å². The van der Waals surface area contributed by atoms with Crippen LogP contribution < -0.4 is 4.72 Å². The molecule has 2 N–H and O–H groups in total. The van der Waals surface area contributed by atoms with Gasteiger partial charge in [-0.2, -0.15) is 0 Å². The molecular weight excluding hydrogens is 282 g/mol. The number of hydrogen-bond acceptors (Lipinski definition) is 5. The number of aliphatic hydroxyl groups is 1. The Morgan fingerprint density at radius 2 is 1.90 bits per heavy atom. The quantitative estimate of drug-likeness (QED) is 0.730. The van der Waals surface area contributed by atoms with Crippen LogP contribution in [0.1, 0.15) is 30.6 Å². The van der Waals surface area contributed by atoms with E-state index in [1.165, 1.54) is 24.3 Å². The number of ether oxygens (including phenoxy) is 1. The Labute approximate surface area is 118 Å². The summed E-state index contributed by atoms with van der Waals surface area (Å²) in [4.78, 5) is 11.5. The minimum absolute atomic E-state index is 0.0393. The van der Waals surface area contributed by atoms with E-state index in [0.29, 0.717) is 12.0 Å². The van der Waals surface area contributed by atoms with Gasteiger partial charge in [-0.1, -0.05) is 6.92 Å². The summed E-state index contributed by atoms with van der Waals surface area (Å²) in [5, 5.41) is 9.02. The molecule has 0 aliphatic carbocycles. The molecule has 0 aliphatic heterocycles. The van der Waals surface area contributed by atoms with Gasteiger partial charge in [-0.05, 0) is 37.6 Å². The molecule has 0 fully saturated rings. The van der Waals surface area contributed by atoms with Gasteiger partial charge >= 0.3 is 5.97 Å². The molecular formula is C13H19NO5S. The number of benzene rings is 1. The average molecular weight is 301 g/mol. The second-order valence-electron chi connectivity index (χ2n) is 4.15. The Balaban J connectivity index is 2.89. The lowest BCUT2D eigenvalue weighted by Gasteiger charge is -2.14. The van der Waals surface area contributed by atoms with Crippen molar-refractivity contribution in [2.24, 2.45) is 0 Å². The van der Waals surface area contributed by atoms with E-state index in [1.807, 2.05) is 0 Å². The van der Waals surface area contributed by atoms with Gasteiger partial charge in [0.1, 0.15) is 0 Å². The number of sulfonamides is 1. The molecule has 1 aromatic carbocycles. The molecule has 1 aromatic rings. The van der Waals surface area contributed by atoms with E-state index in [-0.39, 0.29) is 18.1 Å². The molecule has 0 aromatic heterocycles. The van der Waals surface area contributed by atoms with Crippen LogP contribution in [-0.2, 0) is 14.8 Å². The van der Waals surface area contributed by atoms with Crippen LogP contribution >= 0.6 is 0 Å². The maximum absolute atomic E-state index is 12.0. The summed E-state index contributed by atoms with van der Waals surface area (Å²) in [6.45, 7) is 3.46. The molecule has 20 heavy (non-hydrogen) atoms. The number of carbonyl (C=O) groups is 1. The second-order valence-corrected chi connectivity index (χ2v) is 5.87. The standard InChI is InChI=1S/C13H19NO5S/c1-3-11(9-15)14-20(17,18)12-7-5-10(6-8-12)13(16)19-4-2/h5-8,11,14-15H,3-4,9H2,1-2H3. The Bertz CT molecular complexity index is 534. The van der Waals surface area contributed by atoms with Gasteiger partial charge in [0.2, 0.25) is 10.0 Å². The van der Waals surface area contributed by atoms with Crippen molar-refractivity contribution < 1.29 is 23.1 Å². The van der Waals surface area contributed by atoms with Crippen LogP contribution in [0, 0.1) is 0 Å². The minimum atomic E-state index is -3.70. The van der Waals surface area contributed by atoms with Gasteiger partial charge in [-0.15, -0.1) is 0 Å². The molecule has 0 amide bonds. The molecule has 0 heterocycles. The highest BCUT2D eigenvalue weighted by Crippen LogP contribution is 2.12. The predicted octanol–water partition coefficient (Wildman–Crippen LogP) is 0.912. The first-order valence-electron chi connectivity index (χ1n) is 6.35. The van der Waals surface area contributed by atoms with Gasteiger partial charge in [0.05, 0.1) is 23.7 Å². The van der Waals surface area contributed by atoms with E-state index in [2.05, 4.69) is 4.72 Å². The predicted molar refractivity (Wildman–Crippen MR) is 73.9 cm³/mol. The lowest BCUT2D eigenvalue weighted by Crippen LogP contribution is -2.36. The Hall–Kier alpha value is -1.44. The number of carbonyl (C=O) groups excluding carboxylic acids is 1. The Morgan fingerprint density at radius 1 is 1.30 bits per heavy atom. The van der Waals surface area contributed by atoms with E-state index in [4.69, 9.17) is 9.84 Å². The van der Waals surface area contributed by atoms with E-state index in [1.54, 1.807) is 13.8 Å². The highest BCUT2D eigenvalue weighted by atomic mass is 32.2. The molecule has 6 nitrogen and oxygen atoms in total. The third-order valence-corrected chi connectivity index (χ3v) is 4.25. The maximum atomic E-state index is 12.0. The van der Waals surface area contributed by atoms with E-state index < -0.39 is 22.0 Å². The van der Waals surface area contributed by atoms with Crippen LogP contribution in [0.15, 0.2) is 29.2 Å². The van der Waals surface area contributed by atoms with Crippen molar-refractivity contribution in [2.45, 2.75) is 31.2 Å². The highest BCUT2D eigenvalue weighted by molar-refractivity contribution is 7.89. The van der Waals surface area contributed by atoms with Crippen molar-refractivity contribution in [3.8, 4) is 0 Å². The maximum Gasteiger partial charge on any atom is 0.338 e. The number of hydrogen-bond donors (Lipinski definition) is 2. The zero-order chi connectivity index (χ0) is 15.2. The van der Waals surface area contributed by atoms with Crippen molar-refractivity contribution in [1.29, 1.82) is 0 Å². The van der Waals surface area contributed by atoms with Crippen molar-refractivity contribution in [3.63, 3.8) is 0 Å². The summed E-state index contributed by atoms with van der Waals surface area (Å²) in [6.07, 6.45) is 0.483. The van der Waals surface area contributed by atoms with Gasteiger partial charge in [0.25, 0.3) is 0 Å². The van der Waals surface area contributed by atoms with E-state index >= 15 is 0 Å². The van der Waals surface area contributed by atoms with Crippen LogP contribution in [0.5, 0.6) is 0 Å². The number of nitrogens with one attached hydrogen (secondary N) is 1. The molecule has 1 unspecified atom stereocenters. The summed E-state index contributed by atoms with van der Waals surface area (Å²) in [5.41, 5.74) is 0.292. The summed E-state index contributed by atoms with van der Waals surface area (Å²) in [5.74, 6) is -0.494. The van der Waals surface area contributed by atoms with Crippen molar-refractivity contribution in [1.82, 2.24) is 4.72 Å². The zero-order valence-electron chi connectivity index (χ0n) is 11.5. The van der Waals surface area contributed by atoms with Crippen LogP contribution in [0.3, 0.4) is 0 Å². The molecule has 0 saturated heterocycles. The molecule has 1 rings (SSSR count). The fourth-order valence-electron chi connectivity index (χ4n) is 1.52. The molecule has 0 saturated carbocycles. The molecule has 0 aliphatic rings. The van der Waals surface area contributed by atoms with E-state index in [0.717, 1.165) is 0 Å². The first-order valence-corrected chi connectivity index (χ1v) is 7.83. The molecule has 112 valence electrons. The van der Waals surface area contributed by atoms with Crippen LogP contribution in [0.4, 0.5) is 0 Å². The summed E-state index contributed by atoms with van der Waals surface area (Å²) in [6, 6.07) is 4.93. The third kappa shape index (κ3) is 4.29. The first-order chi connectivity index (χ1) is 9.44. The number of esters is 1. The van der Waals surface area contributed by atoms with Crippen LogP contribution in [0.25, 0.3) is 0 Å². The lowest BCUT2D eigenvalue weighted by atomic mass is 10.2. The minimum Gasteiger partial charge on any atom is -0.462 e. The van der Waals surface area contributed by atoms with Crippen molar-refractivity contribution >= 4 is 16.0 Å². The normalized spacial score (nSPS) is 12.9. The number of rotatable bonds is 7. The monoisotopic (exact) mass is 301 g/mol. The summed E-state index contributed by atoms with van der Waals surface area (Å²) >= 11 is 0. The van der Waals surface area contributed by atoms with Gasteiger partial charge in [0.15, 0.2) is 0 Å². The lowest BCUT2D eigenvalue weighted by molar-refractivity contribution is 0.0526. The fraction of sp³-hybridized carbons (Fsp3) is 0.462. The van der Waals surface area contributed by atoms with Gasteiger partial charge in [-0.25, -0.2) is 17.9 Å². The van der Waals surface area contributed by atoms with E-state index in [9.17, 15) is 13.2 Å². The summed E-state index contributed by atoms with van der Waals surface area (Å²) < 4.78 is 31.3. The van der Waals surface area contributed by atoms with Crippen molar-refractivity contribution in [2.75, 3.05) is 13.2 Å². The van der Waals surface area contributed by atoms with Crippen LogP contribution in [0.2, 0.25) is 0 Å². The molecule has 0 bridgehead atoms. The smallest absolute Gasteiger partial charge is 0.338 e. The second kappa shape index (κ2) is 7.37. The van der Waals surface area contributed by atoms with Crippen molar-refractivity contribution in [3.05, 3.63) is 29.8 Å². The zero-order valence-corrected chi connectivity index (χ0v) is 12.3. The molecule has 7 heteroatoms. The molecule has 1 atom stereocenters. The summed E-state index contributed by atoms with van der Waals surface area (Å²) in [7, 11) is -3.70. The Kier molecular flexibility index (Phi) is 6.12. The average Bonchev–Trinajstić information content (AvgIpc) is 2.45. The van der Waals surface area contributed by atoms with Gasteiger partial charge in [0, 0.05) is 6.04 Å². The molecule has 0 radical (unpaired) electrons. The van der Waals surface area contributed by atoms with Crippen LogP contribution in [-0.4, -0.2) is 38.7 Å². The highest BCUT2D eigenvalue weighted by Gasteiger charge is 2.19. The SMILES string of the molecule is CCOC(=O)c1ccc(S(=O)(=O)NC(CC)CO)cc1. The largest absolute Gasteiger partial charge is 0.462 e. The number of aliphatic hydroxyl groups excluding tert-OH is 1. The van der Waals surface area contributed by atoms with Gasteiger partial charge in [-0.3, -0.25) is 0 Å².